The molecule has 3 nitrogen and oxygen atoms in total. The van der Waals surface area contributed by atoms with Crippen molar-refractivity contribution in [3.05, 3.63) is 66.2 Å². The predicted octanol–water partition coefficient (Wildman–Crippen LogP) is 4.83. The van der Waals surface area contributed by atoms with Gasteiger partial charge in [-0.15, -0.1) is 11.8 Å². The molecule has 0 aromatic heterocycles. The van der Waals surface area contributed by atoms with Gasteiger partial charge in [0.2, 0.25) is 0 Å². The Kier molecular flexibility index (Phi) is 4.97. The normalized spacial score (nSPS) is 25.0. The van der Waals surface area contributed by atoms with E-state index in [0.717, 1.165) is 18.7 Å². The molecule has 130 valence electrons. The maximum atomic E-state index is 12.3. The number of thioether (sulfide) groups is 1. The first kappa shape index (κ1) is 16.5. The van der Waals surface area contributed by atoms with Crippen molar-refractivity contribution in [2.45, 2.75) is 29.6 Å². The summed E-state index contributed by atoms with van der Waals surface area (Å²) in [6.45, 7) is 2.06. The van der Waals surface area contributed by atoms with Crippen LogP contribution in [0.4, 0.5) is 4.79 Å². The first-order valence-electron chi connectivity index (χ1n) is 8.95. The highest BCUT2D eigenvalue weighted by atomic mass is 32.2. The lowest BCUT2D eigenvalue weighted by Gasteiger charge is -2.19. The summed E-state index contributed by atoms with van der Waals surface area (Å²) in [4.78, 5) is 15.6. The number of hydrogen-bond acceptors (Lipinski definition) is 3. The Labute approximate surface area is 153 Å². The standard InChI is InChI=1S/C21H23NO2S/c23-21(24-15-16-7-3-1-4-8-16)22-13-17-11-20(12-18(17)14-22)25-19-9-5-2-6-10-19/h1-10,17-18,20H,11-15H2. The average molecular weight is 353 g/mol. The molecule has 0 bridgehead atoms. The summed E-state index contributed by atoms with van der Waals surface area (Å²) in [5.74, 6) is 1.26. The molecule has 0 N–H and O–H groups in total. The fourth-order valence-electron chi connectivity index (χ4n) is 3.99. The number of likely N-dealkylation sites (tertiary alicyclic amines) is 1. The molecule has 2 unspecified atom stereocenters. The molecule has 1 aliphatic heterocycles. The fraction of sp³-hybridized carbons (Fsp3) is 0.381. The number of nitrogens with zero attached hydrogens (tertiary/aromatic N) is 1. The van der Waals surface area contributed by atoms with Crippen LogP contribution in [0.5, 0.6) is 0 Å². The van der Waals surface area contributed by atoms with Crippen LogP contribution in [0.25, 0.3) is 0 Å². The topological polar surface area (TPSA) is 29.5 Å². The minimum absolute atomic E-state index is 0.162. The first-order valence-corrected chi connectivity index (χ1v) is 9.83. The molecule has 1 heterocycles. The number of carbonyl (C=O) groups is 1. The summed E-state index contributed by atoms with van der Waals surface area (Å²) in [6, 6.07) is 20.5. The predicted molar refractivity (Wildman–Crippen MR) is 101 cm³/mol. The molecule has 0 spiro atoms. The lowest BCUT2D eigenvalue weighted by atomic mass is 10.0. The third-order valence-corrected chi connectivity index (χ3v) is 6.48. The second kappa shape index (κ2) is 7.52. The van der Waals surface area contributed by atoms with Gasteiger partial charge in [-0.25, -0.2) is 4.79 Å². The molecule has 1 amide bonds. The maximum Gasteiger partial charge on any atom is 0.410 e. The molecule has 2 aromatic rings. The zero-order chi connectivity index (χ0) is 17.1. The van der Waals surface area contributed by atoms with Crippen LogP contribution in [-0.4, -0.2) is 29.3 Å². The van der Waals surface area contributed by atoms with Gasteiger partial charge in [-0.05, 0) is 42.4 Å². The molecule has 1 saturated carbocycles. The molecule has 2 fully saturated rings. The van der Waals surface area contributed by atoms with Crippen molar-refractivity contribution < 1.29 is 9.53 Å². The Hall–Kier alpha value is -1.94. The van der Waals surface area contributed by atoms with Gasteiger partial charge < -0.3 is 9.64 Å². The fourth-order valence-corrected chi connectivity index (χ4v) is 5.38. The Balaban J connectivity index is 1.25. The molecule has 1 saturated heterocycles. The van der Waals surface area contributed by atoms with E-state index in [9.17, 15) is 4.79 Å². The van der Waals surface area contributed by atoms with Crippen LogP contribution in [0.15, 0.2) is 65.6 Å². The smallest absolute Gasteiger partial charge is 0.410 e. The minimum atomic E-state index is -0.162. The summed E-state index contributed by atoms with van der Waals surface area (Å²) < 4.78 is 5.48. The monoisotopic (exact) mass is 353 g/mol. The number of carbonyl (C=O) groups excluding carboxylic acids is 1. The van der Waals surface area contributed by atoms with Crippen LogP contribution < -0.4 is 0 Å². The van der Waals surface area contributed by atoms with E-state index in [-0.39, 0.29) is 6.09 Å². The van der Waals surface area contributed by atoms with Crippen LogP contribution in [0, 0.1) is 11.8 Å². The zero-order valence-electron chi connectivity index (χ0n) is 14.2. The molecular weight excluding hydrogens is 330 g/mol. The molecule has 2 aromatic carbocycles. The van der Waals surface area contributed by atoms with Crippen LogP contribution in [0.2, 0.25) is 0 Å². The first-order chi connectivity index (χ1) is 12.3. The Morgan fingerprint density at radius 3 is 2.20 bits per heavy atom. The van der Waals surface area contributed by atoms with E-state index in [0.29, 0.717) is 23.7 Å². The van der Waals surface area contributed by atoms with E-state index in [2.05, 4.69) is 30.3 Å². The summed E-state index contributed by atoms with van der Waals surface area (Å²) in [5.41, 5.74) is 1.04. The third-order valence-electron chi connectivity index (χ3n) is 5.22. The van der Waals surface area contributed by atoms with Crippen molar-refractivity contribution in [2.75, 3.05) is 13.1 Å². The number of amides is 1. The molecule has 25 heavy (non-hydrogen) atoms. The summed E-state index contributed by atoms with van der Waals surface area (Å²) >= 11 is 1.99. The largest absolute Gasteiger partial charge is 0.445 e. The van der Waals surface area contributed by atoms with Crippen molar-refractivity contribution in [2.24, 2.45) is 11.8 Å². The van der Waals surface area contributed by atoms with Crippen LogP contribution in [0.3, 0.4) is 0 Å². The highest BCUT2D eigenvalue weighted by Gasteiger charge is 2.43. The number of rotatable bonds is 4. The van der Waals surface area contributed by atoms with E-state index in [4.69, 9.17) is 4.74 Å². The van der Waals surface area contributed by atoms with Crippen LogP contribution in [0.1, 0.15) is 18.4 Å². The van der Waals surface area contributed by atoms with Gasteiger partial charge >= 0.3 is 6.09 Å². The van der Waals surface area contributed by atoms with E-state index in [1.807, 2.05) is 47.0 Å². The van der Waals surface area contributed by atoms with E-state index >= 15 is 0 Å². The van der Waals surface area contributed by atoms with Crippen LogP contribution >= 0.6 is 11.8 Å². The van der Waals surface area contributed by atoms with E-state index in [1.165, 1.54) is 17.7 Å². The van der Waals surface area contributed by atoms with Gasteiger partial charge in [0.05, 0.1) is 0 Å². The van der Waals surface area contributed by atoms with E-state index < -0.39 is 0 Å². The molecule has 1 aliphatic carbocycles. The zero-order valence-corrected chi connectivity index (χ0v) is 15.0. The highest BCUT2D eigenvalue weighted by Crippen LogP contribution is 2.45. The molecule has 2 aliphatic rings. The van der Waals surface area contributed by atoms with Crippen molar-refractivity contribution >= 4 is 17.9 Å². The average Bonchev–Trinajstić information content (AvgIpc) is 3.20. The number of hydrogen-bond donors (Lipinski definition) is 0. The van der Waals surface area contributed by atoms with Gasteiger partial charge in [0.1, 0.15) is 6.61 Å². The highest BCUT2D eigenvalue weighted by molar-refractivity contribution is 8.00. The minimum Gasteiger partial charge on any atom is -0.445 e. The van der Waals surface area contributed by atoms with Crippen molar-refractivity contribution in [3.8, 4) is 0 Å². The Morgan fingerprint density at radius 2 is 1.56 bits per heavy atom. The van der Waals surface area contributed by atoms with Crippen LogP contribution in [-0.2, 0) is 11.3 Å². The van der Waals surface area contributed by atoms with Gasteiger partial charge in [-0.3, -0.25) is 0 Å². The lowest BCUT2D eigenvalue weighted by molar-refractivity contribution is 0.102. The van der Waals surface area contributed by atoms with Gasteiger partial charge in [0.15, 0.2) is 0 Å². The Morgan fingerprint density at radius 1 is 0.960 bits per heavy atom. The SMILES string of the molecule is O=C(OCc1ccccc1)N1CC2CC(Sc3ccccc3)CC2C1. The summed E-state index contributed by atoms with van der Waals surface area (Å²) in [5, 5.41) is 0.680. The Bertz CT molecular complexity index is 692. The van der Waals surface area contributed by atoms with E-state index in [1.54, 1.807) is 0 Å². The summed E-state index contributed by atoms with van der Waals surface area (Å²) in [6.07, 6.45) is 2.24. The van der Waals surface area contributed by atoms with Gasteiger partial charge in [0.25, 0.3) is 0 Å². The number of fused-ring (bicyclic) bond motifs is 1. The summed E-state index contributed by atoms with van der Waals surface area (Å²) in [7, 11) is 0. The van der Waals surface area contributed by atoms with Crippen molar-refractivity contribution in [1.29, 1.82) is 0 Å². The second-order valence-electron chi connectivity index (χ2n) is 6.99. The number of benzene rings is 2. The molecule has 4 rings (SSSR count). The molecule has 4 heteroatoms. The van der Waals surface area contributed by atoms with Gasteiger partial charge in [-0.1, -0.05) is 48.5 Å². The van der Waals surface area contributed by atoms with Gasteiger partial charge in [-0.2, -0.15) is 0 Å². The van der Waals surface area contributed by atoms with Crippen molar-refractivity contribution in [3.63, 3.8) is 0 Å². The van der Waals surface area contributed by atoms with Crippen molar-refractivity contribution in [1.82, 2.24) is 4.90 Å². The maximum absolute atomic E-state index is 12.3. The third kappa shape index (κ3) is 4.01. The number of ether oxygens (including phenoxy) is 1. The second-order valence-corrected chi connectivity index (χ2v) is 8.36. The lowest BCUT2D eigenvalue weighted by Crippen LogP contribution is -2.30. The molecular formula is C21H23NO2S. The molecule has 2 atom stereocenters. The molecule has 0 radical (unpaired) electrons. The quantitative estimate of drug-likeness (QED) is 0.789. The van der Waals surface area contributed by atoms with Gasteiger partial charge in [0, 0.05) is 23.2 Å².